The van der Waals surface area contributed by atoms with Gasteiger partial charge in [0.1, 0.15) is 12.4 Å². The van der Waals surface area contributed by atoms with E-state index in [9.17, 15) is 13.2 Å². The molecule has 0 radical (unpaired) electrons. The van der Waals surface area contributed by atoms with E-state index in [0.717, 1.165) is 32.4 Å². The first-order chi connectivity index (χ1) is 14.9. The van der Waals surface area contributed by atoms with Crippen LogP contribution in [0.2, 0.25) is 5.02 Å². The standard InChI is InChI=1S/C21H23ClN2O6S/c1-28-17-7-5-14(11-16(17)22)23-31(26,27)15-6-8-18-19(12-15)29-13-20(30-18)21(25)24-9-3-2-4-10-24/h5-8,11-12,20,23H,2-4,9-10,13H2,1H3. The van der Waals surface area contributed by atoms with Crippen LogP contribution in [-0.4, -0.2) is 52.1 Å². The minimum atomic E-state index is -3.89. The van der Waals surface area contributed by atoms with Gasteiger partial charge in [0.05, 0.1) is 22.7 Å². The van der Waals surface area contributed by atoms with Crippen molar-refractivity contribution in [2.24, 2.45) is 0 Å². The van der Waals surface area contributed by atoms with E-state index in [1.54, 1.807) is 17.0 Å². The van der Waals surface area contributed by atoms with Crippen LogP contribution in [0.15, 0.2) is 41.3 Å². The Morgan fingerprint density at radius 3 is 2.61 bits per heavy atom. The van der Waals surface area contributed by atoms with Gasteiger partial charge >= 0.3 is 0 Å². The topological polar surface area (TPSA) is 94.2 Å². The molecule has 1 fully saturated rings. The van der Waals surface area contributed by atoms with Gasteiger partial charge < -0.3 is 19.1 Å². The zero-order chi connectivity index (χ0) is 22.0. The van der Waals surface area contributed by atoms with Crippen molar-refractivity contribution in [1.29, 1.82) is 0 Å². The molecule has 1 unspecified atom stereocenters. The first-order valence-electron chi connectivity index (χ1n) is 9.96. The number of sulfonamides is 1. The molecule has 2 aliphatic heterocycles. The summed E-state index contributed by atoms with van der Waals surface area (Å²) >= 11 is 6.07. The Morgan fingerprint density at radius 2 is 1.90 bits per heavy atom. The Hall–Kier alpha value is -2.65. The Bertz CT molecular complexity index is 1090. The highest BCUT2D eigenvalue weighted by atomic mass is 35.5. The van der Waals surface area contributed by atoms with Crippen molar-refractivity contribution >= 4 is 33.2 Å². The number of carbonyl (C=O) groups is 1. The lowest BCUT2D eigenvalue weighted by atomic mass is 10.1. The summed E-state index contributed by atoms with van der Waals surface area (Å²) in [4.78, 5) is 14.5. The first-order valence-corrected chi connectivity index (χ1v) is 11.8. The average Bonchev–Trinajstić information content (AvgIpc) is 2.78. The van der Waals surface area contributed by atoms with Crippen molar-refractivity contribution in [3.63, 3.8) is 0 Å². The fraction of sp³-hybridized carbons (Fsp3) is 0.381. The molecule has 8 nitrogen and oxygen atoms in total. The molecule has 2 aromatic carbocycles. The van der Waals surface area contributed by atoms with Gasteiger partial charge in [-0.15, -0.1) is 0 Å². The second-order valence-electron chi connectivity index (χ2n) is 7.37. The maximum Gasteiger partial charge on any atom is 0.267 e. The summed E-state index contributed by atoms with van der Waals surface area (Å²) in [5.41, 5.74) is 0.299. The van der Waals surface area contributed by atoms with Crippen LogP contribution in [-0.2, 0) is 14.8 Å². The number of ether oxygens (including phenoxy) is 3. The smallest absolute Gasteiger partial charge is 0.267 e. The van der Waals surface area contributed by atoms with Gasteiger partial charge in [-0.25, -0.2) is 8.42 Å². The number of hydrogen-bond donors (Lipinski definition) is 1. The molecule has 0 bridgehead atoms. The molecule has 1 amide bonds. The molecule has 166 valence electrons. The van der Waals surface area contributed by atoms with Gasteiger partial charge in [0.15, 0.2) is 11.5 Å². The van der Waals surface area contributed by atoms with Gasteiger partial charge in [0.25, 0.3) is 15.9 Å². The minimum Gasteiger partial charge on any atom is -0.495 e. The molecule has 2 aromatic rings. The summed E-state index contributed by atoms with van der Waals surface area (Å²) in [6.07, 6.45) is 2.38. The number of hydrogen-bond acceptors (Lipinski definition) is 6. The molecule has 2 aliphatic rings. The van der Waals surface area contributed by atoms with Crippen molar-refractivity contribution in [2.45, 2.75) is 30.3 Å². The Labute approximate surface area is 186 Å². The lowest BCUT2D eigenvalue weighted by Crippen LogP contribution is -2.48. The number of likely N-dealkylation sites (tertiary alicyclic amines) is 1. The van der Waals surface area contributed by atoms with Crippen LogP contribution in [0.5, 0.6) is 17.2 Å². The SMILES string of the molecule is COc1ccc(NS(=O)(=O)c2ccc3c(c2)OCC(C(=O)N2CCCCC2)O3)cc1Cl. The number of methoxy groups -OCH3 is 1. The molecule has 2 heterocycles. The second kappa shape index (κ2) is 8.84. The Balaban J connectivity index is 1.48. The van der Waals surface area contributed by atoms with E-state index >= 15 is 0 Å². The quantitative estimate of drug-likeness (QED) is 0.726. The molecule has 31 heavy (non-hydrogen) atoms. The molecule has 0 aliphatic carbocycles. The van der Waals surface area contributed by atoms with E-state index in [-0.39, 0.29) is 28.2 Å². The van der Waals surface area contributed by atoms with E-state index in [4.69, 9.17) is 25.8 Å². The van der Waals surface area contributed by atoms with Crippen LogP contribution >= 0.6 is 11.6 Å². The summed E-state index contributed by atoms with van der Waals surface area (Å²) in [7, 11) is -2.41. The molecule has 0 saturated carbocycles. The predicted molar refractivity (Wildman–Crippen MR) is 116 cm³/mol. The van der Waals surface area contributed by atoms with Gasteiger partial charge in [-0.05, 0) is 49.6 Å². The zero-order valence-corrected chi connectivity index (χ0v) is 18.5. The van der Waals surface area contributed by atoms with Gasteiger partial charge in [0, 0.05) is 19.2 Å². The molecular formula is C21H23ClN2O6S. The van der Waals surface area contributed by atoms with Crippen LogP contribution in [0.25, 0.3) is 0 Å². The van der Waals surface area contributed by atoms with Gasteiger partial charge in [-0.3, -0.25) is 9.52 Å². The second-order valence-corrected chi connectivity index (χ2v) is 9.46. The number of piperidine rings is 1. The highest BCUT2D eigenvalue weighted by molar-refractivity contribution is 7.92. The summed E-state index contributed by atoms with van der Waals surface area (Å²) in [6, 6.07) is 8.88. The Morgan fingerprint density at radius 1 is 1.13 bits per heavy atom. The van der Waals surface area contributed by atoms with Gasteiger partial charge in [-0.1, -0.05) is 11.6 Å². The normalized spacial score (nSPS) is 18.4. The van der Waals surface area contributed by atoms with Crippen LogP contribution in [0.1, 0.15) is 19.3 Å². The highest BCUT2D eigenvalue weighted by Crippen LogP contribution is 2.35. The number of amides is 1. The maximum atomic E-state index is 12.8. The third kappa shape index (κ3) is 4.67. The minimum absolute atomic E-state index is 0.00241. The van der Waals surface area contributed by atoms with E-state index in [1.165, 1.54) is 31.4 Å². The third-order valence-corrected chi connectivity index (χ3v) is 6.91. The van der Waals surface area contributed by atoms with Crippen molar-refractivity contribution in [2.75, 3.05) is 31.5 Å². The van der Waals surface area contributed by atoms with Gasteiger partial charge in [0.2, 0.25) is 6.10 Å². The Kier molecular flexibility index (Phi) is 6.15. The number of benzene rings is 2. The molecule has 1 N–H and O–H groups in total. The number of nitrogens with zero attached hydrogens (tertiary/aromatic N) is 1. The fourth-order valence-corrected chi connectivity index (χ4v) is 4.92. The monoisotopic (exact) mass is 466 g/mol. The largest absolute Gasteiger partial charge is 0.495 e. The predicted octanol–water partition coefficient (Wildman–Crippen LogP) is 3.30. The lowest BCUT2D eigenvalue weighted by molar-refractivity contribution is -0.142. The molecular weight excluding hydrogens is 444 g/mol. The fourth-order valence-electron chi connectivity index (χ4n) is 3.60. The van der Waals surface area contributed by atoms with E-state index in [1.807, 2.05) is 0 Å². The maximum absolute atomic E-state index is 12.8. The van der Waals surface area contributed by atoms with E-state index < -0.39 is 16.1 Å². The van der Waals surface area contributed by atoms with Crippen molar-refractivity contribution < 1.29 is 27.4 Å². The van der Waals surface area contributed by atoms with Crippen LogP contribution in [0, 0.1) is 0 Å². The number of anilines is 1. The number of fused-ring (bicyclic) bond motifs is 1. The summed E-state index contributed by atoms with van der Waals surface area (Å²) in [5.74, 6) is 0.962. The number of rotatable bonds is 5. The zero-order valence-electron chi connectivity index (χ0n) is 17.0. The molecule has 1 saturated heterocycles. The molecule has 10 heteroatoms. The van der Waals surface area contributed by atoms with E-state index in [0.29, 0.717) is 17.2 Å². The summed E-state index contributed by atoms with van der Waals surface area (Å²) in [6.45, 7) is 1.49. The first kappa shape index (κ1) is 21.6. The van der Waals surface area contributed by atoms with Crippen LogP contribution in [0.3, 0.4) is 0 Å². The third-order valence-electron chi connectivity index (χ3n) is 5.23. The average molecular weight is 467 g/mol. The van der Waals surface area contributed by atoms with Gasteiger partial charge in [-0.2, -0.15) is 0 Å². The van der Waals surface area contributed by atoms with Crippen LogP contribution < -0.4 is 18.9 Å². The van der Waals surface area contributed by atoms with Crippen molar-refractivity contribution in [1.82, 2.24) is 4.90 Å². The number of nitrogens with one attached hydrogen (secondary N) is 1. The van der Waals surface area contributed by atoms with Crippen molar-refractivity contribution in [3.8, 4) is 17.2 Å². The summed E-state index contributed by atoms with van der Waals surface area (Å²) < 4.78 is 44.6. The van der Waals surface area contributed by atoms with Crippen LogP contribution in [0.4, 0.5) is 5.69 Å². The highest BCUT2D eigenvalue weighted by Gasteiger charge is 2.32. The summed E-state index contributed by atoms with van der Waals surface area (Å²) in [5, 5.41) is 0.286. The molecule has 1 atom stereocenters. The molecule has 0 aromatic heterocycles. The van der Waals surface area contributed by atoms with E-state index in [2.05, 4.69) is 4.72 Å². The van der Waals surface area contributed by atoms with Crippen molar-refractivity contribution in [3.05, 3.63) is 41.4 Å². The number of halogens is 1. The lowest BCUT2D eigenvalue weighted by Gasteiger charge is -2.32. The molecule has 0 spiro atoms. The number of carbonyl (C=O) groups excluding carboxylic acids is 1. The molecule has 4 rings (SSSR count).